The Morgan fingerprint density at radius 1 is 1.21 bits per heavy atom. The zero-order valence-electron chi connectivity index (χ0n) is 9.46. The fraction of sp³-hybridized carbons (Fsp3) is 0.615. The van der Waals surface area contributed by atoms with Crippen LogP contribution in [0.1, 0.15) is 52.4 Å². The topological polar surface area (TPSA) is 17.1 Å². The molecule has 0 aromatic heterocycles. The minimum Gasteiger partial charge on any atom is -0.303 e. The van der Waals surface area contributed by atoms with Crippen LogP contribution in [0.3, 0.4) is 0 Å². The summed E-state index contributed by atoms with van der Waals surface area (Å²) in [4.78, 5) is 10.1. The molecule has 0 aliphatic carbocycles. The second kappa shape index (κ2) is 10.2. The summed E-state index contributed by atoms with van der Waals surface area (Å²) in [5, 5.41) is 0. The maximum absolute atomic E-state index is 10.1. The Labute approximate surface area is 87.9 Å². The molecule has 0 aliphatic heterocycles. The molecular weight excluding hydrogens is 172 g/mol. The molecule has 0 saturated heterocycles. The number of rotatable bonds is 8. The molecule has 0 rings (SSSR count). The van der Waals surface area contributed by atoms with Crippen LogP contribution in [0, 0.1) is 0 Å². The molecule has 0 N–H and O–H groups in total. The first-order valence-electron chi connectivity index (χ1n) is 5.55. The largest absolute Gasteiger partial charge is 0.303 e. The Kier molecular flexibility index (Phi) is 9.61. The molecule has 1 nitrogen and oxygen atoms in total. The van der Waals surface area contributed by atoms with Gasteiger partial charge in [-0.25, -0.2) is 0 Å². The van der Waals surface area contributed by atoms with Crippen molar-refractivity contribution in [3.8, 4) is 0 Å². The Morgan fingerprint density at radius 3 is 2.64 bits per heavy atom. The van der Waals surface area contributed by atoms with E-state index in [1.807, 2.05) is 6.08 Å². The van der Waals surface area contributed by atoms with Crippen LogP contribution in [-0.4, -0.2) is 6.29 Å². The summed E-state index contributed by atoms with van der Waals surface area (Å²) in [5.41, 5.74) is 1.28. The van der Waals surface area contributed by atoms with Crippen LogP contribution >= 0.6 is 0 Å². The van der Waals surface area contributed by atoms with Gasteiger partial charge in [0.1, 0.15) is 6.29 Å². The van der Waals surface area contributed by atoms with Crippen LogP contribution in [0.15, 0.2) is 23.8 Å². The Bertz CT molecular complexity index is 189. The van der Waals surface area contributed by atoms with E-state index in [0.29, 0.717) is 6.42 Å². The minimum absolute atomic E-state index is 0.551. The Balaban J connectivity index is 3.45. The average molecular weight is 194 g/mol. The van der Waals surface area contributed by atoms with Gasteiger partial charge >= 0.3 is 0 Å². The van der Waals surface area contributed by atoms with Gasteiger partial charge in [0.2, 0.25) is 0 Å². The van der Waals surface area contributed by atoms with Gasteiger partial charge in [-0.1, -0.05) is 43.6 Å². The summed E-state index contributed by atoms with van der Waals surface area (Å²) in [7, 11) is 0. The number of hydrogen-bond acceptors (Lipinski definition) is 1. The van der Waals surface area contributed by atoms with Crippen LogP contribution in [0.5, 0.6) is 0 Å². The van der Waals surface area contributed by atoms with E-state index in [1.54, 1.807) is 0 Å². The first kappa shape index (κ1) is 13.2. The highest BCUT2D eigenvalue weighted by Gasteiger charge is 1.85. The average Bonchev–Trinajstić information content (AvgIpc) is 2.20. The third kappa shape index (κ3) is 9.24. The molecule has 0 fully saturated rings. The molecule has 0 aliphatic rings. The third-order valence-electron chi connectivity index (χ3n) is 2.14. The zero-order valence-corrected chi connectivity index (χ0v) is 9.46. The lowest BCUT2D eigenvalue weighted by Crippen LogP contribution is -1.76. The van der Waals surface area contributed by atoms with Gasteiger partial charge in [0.05, 0.1) is 0 Å². The van der Waals surface area contributed by atoms with Crippen molar-refractivity contribution in [1.29, 1.82) is 0 Å². The van der Waals surface area contributed by atoms with Gasteiger partial charge in [-0.15, -0.1) is 0 Å². The second-order valence-corrected chi connectivity index (χ2v) is 3.62. The minimum atomic E-state index is 0.551. The summed E-state index contributed by atoms with van der Waals surface area (Å²) in [5.74, 6) is 0. The normalized spacial score (nSPS) is 12.3. The number of aldehydes is 1. The predicted octanol–water partition coefficient (Wildman–Crippen LogP) is 4.05. The molecule has 14 heavy (non-hydrogen) atoms. The first-order chi connectivity index (χ1) is 6.81. The van der Waals surface area contributed by atoms with Gasteiger partial charge in [0, 0.05) is 6.42 Å². The molecule has 0 atom stereocenters. The Morgan fingerprint density at radius 2 is 2.00 bits per heavy atom. The second-order valence-electron chi connectivity index (χ2n) is 3.62. The molecule has 0 heterocycles. The van der Waals surface area contributed by atoms with E-state index in [2.05, 4.69) is 26.0 Å². The number of carbonyl (C=O) groups excluding carboxylic acids is 1. The highest BCUT2D eigenvalue weighted by atomic mass is 16.1. The molecule has 0 unspecified atom stereocenters. The van der Waals surface area contributed by atoms with E-state index in [0.717, 1.165) is 12.7 Å². The van der Waals surface area contributed by atoms with Crippen LogP contribution in [-0.2, 0) is 4.79 Å². The molecule has 0 radical (unpaired) electrons. The van der Waals surface area contributed by atoms with Gasteiger partial charge in [-0.05, 0) is 26.2 Å². The van der Waals surface area contributed by atoms with Crippen LogP contribution in [0.25, 0.3) is 0 Å². The molecule has 0 bridgehead atoms. The van der Waals surface area contributed by atoms with E-state index in [4.69, 9.17) is 0 Å². The lowest BCUT2D eigenvalue weighted by Gasteiger charge is -1.94. The fourth-order valence-corrected chi connectivity index (χ4v) is 1.23. The van der Waals surface area contributed by atoms with Crippen molar-refractivity contribution < 1.29 is 4.79 Å². The first-order valence-corrected chi connectivity index (χ1v) is 5.55. The highest BCUT2D eigenvalue weighted by molar-refractivity contribution is 5.52. The molecule has 0 saturated carbocycles. The molecule has 0 aromatic rings. The van der Waals surface area contributed by atoms with E-state index in [-0.39, 0.29) is 0 Å². The SMILES string of the molecule is CCCCC/C=C/C/C(C)=C/CC=O. The third-order valence-corrected chi connectivity index (χ3v) is 2.14. The standard InChI is InChI=1S/C13H22O/c1-3-4-5-6-7-8-10-13(2)11-9-12-14/h7-8,11-12H,3-6,9-10H2,1-2H3/b8-7+,13-11+. The maximum Gasteiger partial charge on any atom is 0.123 e. The number of allylic oxidation sites excluding steroid dienone is 4. The quantitative estimate of drug-likeness (QED) is 0.323. The summed E-state index contributed by atoms with van der Waals surface area (Å²) in [6, 6.07) is 0. The van der Waals surface area contributed by atoms with Gasteiger partial charge in [0.25, 0.3) is 0 Å². The van der Waals surface area contributed by atoms with E-state index in [9.17, 15) is 4.79 Å². The lowest BCUT2D eigenvalue weighted by atomic mass is 10.1. The Hall–Kier alpha value is -0.850. The molecule has 0 aromatic carbocycles. The molecular formula is C13H22O. The van der Waals surface area contributed by atoms with Gasteiger partial charge in [-0.2, -0.15) is 0 Å². The van der Waals surface area contributed by atoms with Gasteiger partial charge in [0.15, 0.2) is 0 Å². The molecule has 80 valence electrons. The molecule has 0 amide bonds. The van der Waals surface area contributed by atoms with E-state index in [1.165, 1.54) is 31.3 Å². The fourth-order valence-electron chi connectivity index (χ4n) is 1.23. The zero-order chi connectivity index (χ0) is 10.6. The van der Waals surface area contributed by atoms with Crippen molar-refractivity contribution in [3.05, 3.63) is 23.8 Å². The number of hydrogen-bond donors (Lipinski definition) is 0. The van der Waals surface area contributed by atoms with Gasteiger partial charge in [-0.3, -0.25) is 0 Å². The summed E-state index contributed by atoms with van der Waals surface area (Å²) >= 11 is 0. The van der Waals surface area contributed by atoms with Crippen molar-refractivity contribution in [2.24, 2.45) is 0 Å². The maximum atomic E-state index is 10.1. The van der Waals surface area contributed by atoms with Crippen molar-refractivity contribution in [3.63, 3.8) is 0 Å². The number of unbranched alkanes of at least 4 members (excludes halogenated alkanes) is 3. The smallest absolute Gasteiger partial charge is 0.123 e. The molecule has 0 spiro atoms. The summed E-state index contributed by atoms with van der Waals surface area (Å²) in [6.45, 7) is 4.29. The number of carbonyl (C=O) groups is 1. The van der Waals surface area contributed by atoms with Crippen molar-refractivity contribution >= 4 is 6.29 Å². The molecule has 1 heteroatoms. The van der Waals surface area contributed by atoms with Crippen molar-refractivity contribution in [2.75, 3.05) is 0 Å². The highest BCUT2D eigenvalue weighted by Crippen LogP contribution is 2.04. The predicted molar refractivity (Wildman–Crippen MR) is 62.3 cm³/mol. The summed E-state index contributed by atoms with van der Waals surface area (Å²) in [6.07, 6.45) is 14.0. The van der Waals surface area contributed by atoms with Gasteiger partial charge < -0.3 is 4.79 Å². The van der Waals surface area contributed by atoms with Crippen LogP contribution in [0.4, 0.5) is 0 Å². The van der Waals surface area contributed by atoms with Crippen LogP contribution in [0.2, 0.25) is 0 Å². The summed E-state index contributed by atoms with van der Waals surface area (Å²) < 4.78 is 0. The van der Waals surface area contributed by atoms with E-state index < -0.39 is 0 Å². The van der Waals surface area contributed by atoms with Crippen molar-refractivity contribution in [2.45, 2.75) is 52.4 Å². The van der Waals surface area contributed by atoms with E-state index >= 15 is 0 Å². The monoisotopic (exact) mass is 194 g/mol. The van der Waals surface area contributed by atoms with Crippen LogP contribution < -0.4 is 0 Å². The van der Waals surface area contributed by atoms with Crippen molar-refractivity contribution in [1.82, 2.24) is 0 Å². The lowest BCUT2D eigenvalue weighted by molar-refractivity contribution is -0.107.